The van der Waals surface area contributed by atoms with Crippen LogP contribution < -0.4 is 5.32 Å². The molecule has 1 fully saturated rings. The summed E-state index contributed by atoms with van der Waals surface area (Å²) in [6.07, 6.45) is 2.37. The zero-order valence-electron chi connectivity index (χ0n) is 12.0. The van der Waals surface area contributed by atoms with Crippen LogP contribution in [0.4, 0.5) is 0 Å². The van der Waals surface area contributed by atoms with Crippen molar-refractivity contribution in [1.29, 1.82) is 0 Å². The Balaban J connectivity index is 2.62. The van der Waals surface area contributed by atoms with Gasteiger partial charge in [0.25, 0.3) is 0 Å². The van der Waals surface area contributed by atoms with Gasteiger partial charge in [-0.15, -0.1) is 0 Å². The summed E-state index contributed by atoms with van der Waals surface area (Å²) in [5, 5.41) is 2.75. The average molecular weight is 249 g/mol. The number of allylic oxidation sites excluding steroid dienone is 3. The first-order valence-electron chi connectivity index (χ1n) is 6.29. The van der Waals surface area contributed by atoms with Crippen LogP contribution in [0.2, 0.25) is 0 Å². The van der Waals surface area contributed by atoms with Gasteiger partial charge in [0, 0.05) is 12.1 Å². The molecule has 0 aromatic rings. The van der Waals surface area contributed by atoms with Gasteiger partial charge in [0.1, 0.15) is 5.78 Å². The monoisotopic (exact) mass is 249 g/mol. The smallest absolute Gasteiger partial charge is 0.228 e. The molecule has 1 aliphatic carbocycles. The lowest BCUT2D eigenvalue weighted by atomic mass is 10.1. The van der Waals surface area contributed by atoms with E-state index in [9.17, 15) is 9.59 Å². The van der Waals surface area contributed by atoms with Crippen molar-refractivity contribution in [3.05, 3.63) is 23.9 Å². The molecule has 1 rings (SSSR count). The second-order valence-corrected chi connectivity index (χ2v) is 6.04. The van der Waals surface area contributed by atoms with Gasteiger partial charge in [-0.1, -0.05) is 32.1 Å². The van der Waals surface area contributed by atoms with E-state index in [0.717, 1.165) is 0 Å². The van der Waals surface area contributed by atoms with Crippen LogP contribution in [0, 0.1) is 17.3 Å². The molecule has 18 heavy (non-hydrogen) atoms. The van der Waals surface area contributed by atoms with Crippen LogP contribution in [0.1, 0.15) is 41.0 Å². The summed E-state index contributed by atoms with van der Waals surface area (Å²) in [7, 11) is 0. The first-order chi connectivity index (χ1) is 8.16. The van der Waals surface area contributed by atoms with Crippen molar-refractivity contribution in [1.82, 2.24) is 5.32 Å². The molecule has 0 aromatic carbocycles. The Labute approximate surface area is 109 Å². The van der Waals surface area contributed by atoms with Gasteiger partial charge < -0.3 is 5.32 Å². The minimum Gasteiger partial charge on any atom is -0.330 e. The van der Waals surface area contributed by atoms with E-state index in [1.165, 1.54) is 12.5 Å². The maximum atomic E-state index is 12.1. The summed E-state index contributed by atoms with van der Waals surface area (Å²) in [6.45, 7) is 13.5. The predicted molar refractivity (Wildman–Crippen MR) is 72.8 cm³/mol. The second-order valence-electron chi connectivity index (χ2n) is 6.04. The van der Waals surface area contributed by atoms with E-state index in [4.69, 9.17) is 0 Å². The van der Waals surface area contributed by atoms with Gasteiger partial charge in [-0.3, -0.25) is 9.59 Å². The molecule has 0 bridgehead atoms. The van der Waals surface area contributed by atoms with Gasteiger partial charge >= 0.3 is 0 Å². The molecule has 0 aromatic heterocycles. The van der Waals surface area contributed by atoms with Gasteiger partial charge in [0.15, 0.2) is 0 Å². The fourth-order valence-corrected chi connectivity index (χ4v) is 2.45. The molecular weight excluding hydrogens is 226 g/mol. The van der Waals surface area contributed by atoms with Crippen molar-refractivity contribution in [2.45, 2.75) is 41.0 Å². The third-order valence-electron chi connectivity index (χ3n) is 3.47. The van der Waals surface area contributed by atoms with Gasteiger partial charge in [0.2, 0.25) is 5.91 Å². The largest absolute Gasteiger partial charge is 0.330 e. The predicted octanol–water partition coefficient (Wildman–Crippen LogP) is 2.83. The van der Waals surface area contributed by atoms with Crippen molar-refractivity contribution >= 4 is 11.7 Å². The maximum Gasteiger partial charge on any atom is 0.228 e. The lowest BCUT2D eigenvalue weighted by Gasteiger charge is -2.07. The summed E-state index contributed by atoms with van der Waals surface area (Å²) in [6, 6.07) is 0. The average Bonchev–Trinajstić information content (AvgIpc) is 2.64. The number of nitrogens with one attached hydrogen (secondary N) is 1. The van der Waals surface area contributed by atoms with Crippen molar-refractivity contribution in [2.75, 3.05) is 0 Å². The number of Topliss-reactive ketones (excluding diaryl/α,β-unsaturated/α-hetero) is 1. The molecule has 0 spiro atoms. The number of hydrogen-bond donors (Lipinski definition) is 1. The molecule has 0 saturated heterocycles. The molecule has 3 heteroatoms. The molecule has 1 N–H and O–H groups in total. The van der Waals surface area contributed by atoms with E-state index >= 15 is 0 Å². The molecule has 100 valence electrons. The lowest BCUT2D eigenvalue weighted by Crippen LogP contribution is -2.26. The number of carbonyl (C=O) groups is 2. The van der Waals surface area contributed by atoms with Crippen molar-refractivity contribution in [3.8, 4) is 0 Å². The van der Waals surface area contributed by atoms with Gasteiger partial charge in [-0.25, -0.2) is 0 Å². The highest BCUT2D eigenvalue weighted by atomic mass is 16.2. The maximum absolute atomic E-state index is 12.1. The fraction of sp³-hybridized carbons (Fsp3) is 0.600. The quantitative estimate of drug-likeness (QED) is 0.761. The summed E-state index contributed by atoms with van der Waals surface area (Å²) >= 11 is 0. The third kappa shape index (κ3) is 3.31. The summed E-state index contributed by atoms with van der Waals surface area (Å²) in [5.74, 6) is 0.258. The standard InChI is InChI=1S/C15H23NO2/c1-9(2)7-12-13(15(12,5)6)14(18)16-10(3)8-11(4)17/h7,12-13H,3,8H2,1-2,4-6H3,(H,16,18)/t12-,13+/m0/s1. The van der Waals surface area contributed by atoms with Crippen molar-refractivity contribution in [2.24, 2.45) is 17.3 Å². The zero-order chi connectivity index (χ0) is 14.1. The van der Waals surface area contributed by atoms with E-state index in [0.29, 0.717) is 5.70 Å². The Kier molecular flexibility index (Phi) is 4.15. The van der Waals surface area contributed by atoms with Crippen LogP contribution >= 0.6 is 0 Å². The molecular formula is C15H23NO2. The lowest BCUT2D eigenvalue weighted by molar-refractivity contribution is -0.122. The number of amides is 1. The molecule has 0 radical (unpaired) electrons. The molecule has 3 nitrogen and oxygen atoms in total. The van der Waals surface area contributed by atoms with Gasteiger partial charge in [-0.05, 0) is 32.1 Å². The molecule has 1 aliphatic rings. The molecule has 1 amide bonds. The van der Waals surface area contributed by atoms with Crippen LogP contribution in [0.15, 0.2) is 23.9 Å². The number of ketones is 1. The number of carbonyl (C=O) groups excluding carboxylic acids is 2. The van der Waals surface area contributed by atoms with E-state index in [-0.39, 0.29) is 35.4 Å². The Morgan fingerprint density at radius 2 is 1.83 bits per heavy atom. The highest BCUT2D eigenvalue weighted by Crippen LogP contribution is 2.59. The van der Waals surface area contributed by atoms with Crippen LogP contribution in [0.5, 0.6) is 0 Å². The molecule has 2 atom stereocenters. The Morgan fingerprint density at radius 1 is 1.28 bits per heavy atom. The first-order valence-corrected chi connectivity index (χ1v) is 6.29. The van der Waals surface area contributed by atoms with Gasteiger partial charge in [0.05, 0.1) is 5.92 Å². The van der Waals surface area contributed by atoms with Crippen LogP contribution in [-0.4, -0.2) is 11.7 Å². The highest BCUT2D eigenvalue weighted by molar-refractivity contribution is 5.86. The van der Waals surface area contributed by atoms with E-state index in [1.54, 1.807) is 0 Å². The van der Waals surface area contributed by atoms with E-state index < -0.39 is 0 Å². The van der Waals surface area contributed by atoms with Crippen molar-refractivity contribution < 1.29 is 9.59 Å². The first kappa shape index (κ1) is 14.7. The minimum atomic E-state index is -0.0197. The zero-order valence-corrected chi connectivity index (χ0v) is 12.0. The highest BCUT2D eigenvalue weighted by Gasteiger charge is 2.60. The fourth-order valence-electron chi connectivity index (χ4n) is 2.45. The SMILES string of the molecule is C=C(CC(C)=O)NC(=O)[C@H]1[C@H](C=C(C)C)C1(C)C. The second kappa shape index (κ2) is 5.09. The third-order valence-corrected chi connectivity index (χ3v) is 3.47. The van der Waals surface area contributed by atoms with Crippen LogP contribution in [0.3, 0.4) is 0 Å². The minimum absolute atomic E-state index is 0.00213. The van der Waals surface area contributed by atoms with Gasteiger partial charge in [-0.2, -0.15) is 0 Å². The van der Waals surface area contributed by atoms with E-state index in [1.807, 2.05) is 13.8 Å². The van der Waals surface area contributed by atoms with Crippen LogP contribution in [0.25, 0.3) is 0 Å². The van der Waals surface area contributed by atoms with E-state index in [2.05, 4.69) is 31.8 Å². The Hall–Kier alpha value is -1.38. The molecule has 0 unspecified atom stereocenters. The molecule has 1 saturated carbocycles. The topological polar surface area (TPSA) is 46.2 Å². The van der Waals surface area contributed by atoms with Crippen LogP contribution in [-0.2, 0) is 9.59 Å². The number of rotatable bonds is 5. The van der Waals surface area contributed by atoms with Crippen molar-refractivity contribution in [3.63, 3.8) is 0 Å². The Morgan fingerprint density at radius 3 is 2.28 bits per heavy atom. The summed E-state index contributed by atoms with van der Waals surface area (Å²) < 4.78 is 0. The summed E-state index contributed by atoms with van der Waals surface area (Å²) in [4.78, 5) is 23.0. The molecule has 0 heterocycles. The number of hydrogen-bond acceptors (Lipinski definition) is 2. The summed E-state index contributed by atoms with van der Waals surface area (Å²) in [5.41, 5.74) is 1.72. The Bertz CT molecular complexity index is 414. The normalized spacial score (nSPS) is 24.1. The molecule has 0 aliphatic heterocycles.